The van der Waals surface area contributed by atoms with Crippen LogP contribution in [0, 0.1) is 29.4 Å². The van der Waals surface area contributed by atoms with Crippen molar-refractivity contribution in [2.45, 2.75) is 119 Å². The molecule has 23 heteroatoms. The van der Waals surface area contributed by atoms with E-state index in [2.05, 4.69) is 27.4 Å². The first-order valence-electron chi connectivity index (χ1n) is 21.1. The van der Waals surface area contributed by atoms with Crippen molar-refractivity contribution < 1.29 is 57.1 Å². The van der Waals surface area contributed by atoms with E-state index >= 15 is 8.78 Å². The Balaban J connectivity index is 1.23. The third-order valence-electron chi connectivity index (χ3n) is 12.8. The van der Waals surface area contributed by atoms with Gasteiger partial charge >= 0.3 is 0 Å². The number of pyridine rings is 1. The fourth-order valence-electron chi connectivity index (χ4n) is 9.04. The number of amides is 1. The number of carbonyl (C=O) groups is 1. The second kappa shape index (κ2) is 16.5. The second-order valence-electron chi connectivity index (χ2n) is 18.2. The molecule has 0 aliphatic heterocycles. The highest BCUT2D eigenvalue weighted by Gasteiger charge is 2.67. The van der Waals surface area contributed by atoms with Crippen LogP contribution < -0.4 is 9.62 Å². The van der Waals surface area contributed by atoms with Gasteiger partial charge < -0.3 is 5.32 Å². The Labute approximate surface area is 385 Å². The van der Waals surface area contributed by atoms with E-state index in [4.69, 9.17) is 16.6 Å². The van der Waals surface area contributed by atoms with Gasteiger partial charge in [-0.15, -0.1) is 0 Å². The Morgan fingerprint density at radius 3 is 2.31 bits per heavy atom. The van der Waals surface area contributed by atoms with Gasteiger partial charge in [-0.25, -0.2) is 48.3 Å². The van der Waals surface area contributed by atoms with E-state index < -0.39 is 122 Å². The third-order valence-corrected chi connectivity index (χ3v) is 16.9. The van der Waals surface area contributed by atoms with Crippen LogP contribution in [0.5, 0.6) is 0 Å². The molecule has 3 heterocycles. The molecule has 4 aliphatic carbocycles. The molecule has 2 aromatic carbocycles. The van der Waals surface area contributed by atoms with Gasteiger partial charge in [0.1, 0.15) is 46.6 Å². The highest BCUT2D eigenvalue weighted by Crippen LogP contribution is 2.68. The molecule has 5 aromatic rings. The molecule has 0 bridgehead atoms. The number of fused-ring (bicyclic) bond motifs is 4. The van der Waals surface area contributed by atoms with Crippen molar-refractivity contribution in [2.75, 3.05) is 4.31 Å². The fourth-order valence-corrected chi connectivity index (χ4v) is 11.9. The largest absolute Gasteiger partial charge is 0.346 e. The molecule has 3 fully saturated rings. The molecule has 1 amide bonds. The number of benzene rings is 2. The highest BCUT2D eigenvalue weighted by atomic mass is 35.5. The number of hydrogen-bond donors (Lipinski definition) is 2. The maximum absolute atomic E-state index is 15.6. The van der Waals surface area contributed by atoms with Crippen molar-refractivity contribution in [3.05, 3.63) is 93.0 Å². The van der Waals surface area contributed by atoms with Crippen LogP contribution in [0.4, 0.5) is 40.9 Å². The van der Waals surface area contributed by atoms with Crippen molar-refractivity contribution in [1.82, 2.24) is 29.9 Å². The van der Waals surface area contributed by atoms with Gasteiger partial charge in [0.2, 0.25) is 5.91 Å². The topological polar surface area (TPSA) is 152 Å². The fraction of sp³-hybridized carbons (Fsp3) is 0.455. The minimum absolute atomic E-state index is 0.0219. The van der Waals surface area contributed by atoms with Gasteiger partial charge in [0.25, 0.3) is 30.0 Å². The van der Waals surface area contributed by atoms with Crippen molar-refractivity contribution in [1.29, 1.82) is 0 Å². The molecular formula is C44H40ClF8N7O5S2. The summed E-state index contributed by atoms with van der Waals surface area (Å²) < 4.78 is 169. The van der Waals surface area contributed by atoms with E-state index in [1.54, 1.807) is 6.92 Å². The van der Waals surface area contributed by atoms with Gasteiger partial charge in [-0.1, -0.05) is 23.6 Å². The maximum atomic E-state index is 15.6. The third kappa shape index (κ3) is 8.47. The number of nitrogens with one attached hydrogen (secondary N) is 1. The van der Waals surface area contributed by atoms with E-state index in [1.807, 2.05) is 0 Å². The second-order valence-corrected chi connectivity index (χ2v) is 22.2. The van der Waals surface area contributed by atoms with Crippen LogP contribution in [0.3, 0.4) is 0 Å². The number of nitrogens with zero attached hydrogens (tertiary/aromatic N) is 6. The van der Waals surface area contributed by atoms with Crippen LogP contribution in [0.1, 0.15) is 105 Å². The molecule has 0 saturated heterocycles. The molecule has 0 radical (unpaired) electrons. The first kappa shape index (κ1) is 47.0. The van der Waals surface area contributed by atoms with Gasteiger partial charge in [-0.05, 0) is 107 Å². The van der Waals surface area contributed by atoms with E-state index in [0.29, 0.717) is 36.4 Å². The standard InChI is InChI=1S/C44H40ClF8N7O5S2/c1-42(2,67(64,65)25-5-6-25)11-10-24-4-7-26(27-8-9-30(45)35-38(27)58(19-32(48)49)57-41(35)60(66(62)63)43(3)12-13-43)36(54-24)31(16-21-14-22(46)17-23(47)15-21)55-33(61)20-59-39-34(37(56-59)40(50)51)28-18-29(28)44(39,52)53/h4,7-9,14-15,17,25,28-29,31-32,40H,5-6,12-13,16,18-20H2,1-3H3,(H,55,61)(H,62,63)/t28-,29+,31-/m0/s1. The lowest BCUT2D eigenvalue weighted by atomic mass is 9.93. The van der Waals surface area contributed by atoms with E-state index in [0.717, 1.165) is 21.1 Å². The summed E-state index contributed by atoms with van der Waals surface area (Å²) in [6, 6.07) is 6.52. The van der Waals surface area contributed by atoms with Crippen LogP contribution >= 0.6 is 11.6 Å². The Bertz CT molecular complexity index is 3050. The molecule has 4 aliphatic rings. The quantitative estimate of drug-likeness (QED) is 0.0600. The molecule has 0 spiro atoms. The zero-order valence-corrected chi connectivity index (χ0v) is 38.0. The van der Waals surface area contributed by atoms with Crippen LogP contribution in [-0.4, -0.2) is 69.6 Å². The number of anilines is 1. The van der Waals surface area contributed by atoms with Crippen molar-refractivity contribution in [3.8, 4) is 23.0 Å². The molecule has 4 atom stereocenters. The lowest BCUT2D eigenvalue weighted by Crippen LogP contribution is -2.37. The molecule has 9 rings (SSSR count). The lowest BCUT2D eigenvalue weighted by molar-refractivity contribution is -0.123. The summed E-state index contributed by atoms with van der Waals surface area (Å²) in [4.78, 5) is 18.9. The lowest BCUT2D eigenvalue weighted by Gasteiger charge is -2.25. The number of halogens is 9. The Morgan fingerprint density at radius 1 is 1.03 bits per heavy atom. The SMILES string of the molecule is CC1(N(c2nn(CC(F)F)c3c(-c4ccc(C#CC(C)(C)S(=O)(=O)C5CC5)nc4[C@H](Cc4cc(F)cc(F)c4)NC(=O)Cn4nc(C(F)F)c5c4C(F)(F)[C@@H]4C[C@H]54)ccc(Cl)c23)S(=O)O)CC1. The molecule has 1 unspecified atom stereocenters. The minimum Gasteiger partial charge on any atom is -0.346 e. The number of sulfone groups is 1. The molecule has 3 aromatic heterocycles. The summed E-state index contributed by atoms with van der Waals surface area (Å²) >= 11 is 4.05. The highest BCUT2D eigenvalue weighted by molar-refractivity contribution is 7.93. The smallest absolute Gasteiger partial charge is 0.293 e. The Kier molecular flexibility index (Phi) is 11.6. The monoisotopic (exact) mass is 997 g/mol. The minimum atomic E-state index is -3.75. The number of carbonyl (C=O) groups excluding carboxylic acids is 1. The first-order valence-corrected chi connectivity index (χ1v) is 24.1. The molecule has 12 nitrogen and oxygen atoms in total. The summed E-state index contributed by atoms with van der Waals surface area (Å²) in [5, 5.41) is 10.1. The van der Waals surface area contributed by atoms with Crippen molar-refractivity contribution in [3.63, 3.8) is 0 Å². The van der Waals surface area contributed by atoms with Gasteiger partial charge in [-0.3, -0.25) is 18.7 Å². The number of aromatic nitrogens is 5. The van der Waals surface area contributed by atoms with Crippen LogP contribution in [0.15, 0.2) is 42.5 Å². The predicted octanol–water partition coefficient (Wildman–Crippen LogP) is 8.94. The molecule has 67 heavy (non-hydrogen) atoms. The molecule has 356 valence electrons. The van der Waals surface area contributed by atoms with Crippen LogP contribution in [0.2, 0.25) is 5.02 Å². The molecular weight excluding hydrogens is 958 g/mol. The van der Waals surface area contributed by atoms with Crippen LogP contribution in [0.25, 0.3) is 22.0 Å². The summed E-state index contributed by atoms with van der Waals surface area (Å²) in [5.74, 6) is -3.49. The average Bonchev–Trinajstić information content (AvgIpc) is 4.17. The predicted molar refractivity (Wildman–Crippen MR) is 231 cm³/mol. The van der Waals surface area contributed by atoms with Gasteiger partial charge in [0, 0.05) is 28.7 Å². The van der Waals surface area contributed by atoms with E-state index in [-0.39, 0.29) is 61.8 Å². The van der Waals surface area contributed by atoms with Gasteiger partial charge in [0.05, 0.1) is 38.5 Å². The zero-order chi connectivity index (χ0) is 48.3. The Morgan fingerprint density at radius 2 is 1.70 bits per heavy atom. The summed E-state index contributed by atoms with van der Waals surface area (Å²) in [5.41, 5.74) is -3.28. The zero-order valence-electron chi connectivity index (χ0n) is 35.6. The summed E-state index contributed by atoms with van der Waals surface area (Å²) in [6.45, 7) is 2.43. The number of hydrogen-bond acceptors (Lipinski definition) is 7. The normalized spacial score (nSPS) is 20.0. The van der Waals surface area contributed by atoms with Gasteiger partial charge in [-0.2, -0.15) is 19.0 Å². The maximum Gasteiger partial charge on any atom is 0.293 e. The number of rotatable bonds is 15. The van der Waals surface area contributed by atoms with Crippen molar-refractivity contribution in [2.24, 2.45) is 5.92 Å². The van der Waals surface area contributed by atoms with Crippen LogP contribution in [-0.2, 0) is 51.3 Å². The number of alkyl halides is 6. The van der Waals surface area contributed by atoms with Crippen molar-refractivity contribution >= 4 is 55.3 Å². The average molecular weight is 998 g/mol. The van der Waals surface area contributed by atoms with E-state index in [9.17, 15) is 48.3 Å². The molecule has 3 saturated carbocycles. The summed E-state index contributed by atoms with van der Waals surface area (Å²) in [7, 11) is -3.75. The Hall–Kier alpha value is -5.11. The summed E-state index contributed by atoms with van der Waals surface area (Å²) in [6.07, 6.45) is -4.99. The van der Waals surface area contributed by atoms with Gasteiger partial charge in [0.15, 0.2) is 15.7 Å². The molecule has 2 N–H and O–H groups in total. The first-order chi connectivity index (χ1) is 31.4. The van der Waals surface area contributed by atoms with E-state index in [1.165, 1.54) is 38.1 Å².